The van der Waals surface area contributed by atoms with Crippen LogP contribution in [0.15, 0.2) is 18.2 Å². The molecule has 8 nitrogen and oxygen atoms in total. The molecular weight excluding hydrogens is 354 g/mol. The average Bonchev–Trinajstić information content (AvgIpc) is 3.21. The van der Waals surface area contributed by atoms with Gasteiger partial charge in [-0.1, -0.05) is 0 Å². The van der Waals surface area contributed by atoms with E-state index in [1.807, 2.05) is 0 Å². The Labute approximate surface area is 158 Å². The molecule has 1 heterocycles. The SMILES string of the molecule is COc1cc(OC)c(OC)cc1/C=C/C(=O)OCC(=O)NC[C@@H]1CCCO1. The van der Waals surface area contributed by atoms with E-state index in [-0.39, 0.29) is 18.6 Å². The van der Waals surface area contributed by atoms with Gasteiger partial charge in [0.15, 0.2) is 18.1 Å². The van der Waals surface area contributed by atoms with Crippen LogP contribution in [0.5, 0.6) is 17.2 Å². The van der Waals surface area contributed by atoms with Gasteiger partial charge in [0.05, 0.1) is 27.4 Å². The second-order valence-electron chi connectivity index (χ2n) is 5.83. The van der Waals surface area contributed by atoms with Crippen LogP contribution in [-0.4, -0.2) is 59.1 Å². The molecule has 1 aliphatic heterocycles. The van der Waals surface area contributed by atoms with Crippen LogP contribution in [0.4, 0.5) is 0 Å². The lowest BCUT2D eigenvalue weighted by Gasteiger charge is -2.12. The molecule has 1 aromatic carbocycles. The zero-order valence-electron chi connectivity index (χ0n) is 15.8. The molecule has 0 aromatic heterocycles. The molecule has 27 heavy (non-hydrogen) atoms. The van der Waals surface area contributed by atoms with Gasteiger partial charge < -0.3 is 29.0 Å². The monoisotopic (exact) mass is 379 g/mol. The van der Waals surface area contributed by atoms with Crippen LogP contribution in [0.3, 0.4) is 0 Å². The smallest absolute Gasteiger partial charge is 0.331 e. The number of ether oxygens (including phenoxy) is 5. The van der Waals surface area contributed by atoms with Gasteiger partial charge in [0.25, 0.3) is 5.91 Å². The Balaban J connectivity index is 1.87. The van der Waals surface area contributed by atoms with E-state index in [1.165, 1.54) is 33.5 Å². The third kappa shape index (κ3) is 6.18. The number of hydrogen-bond donors (Lipinski definition) is 1. The summed E-state index contributed by atoms with van der Waals surface area (Å²) in [6, 6.07) is 3.33. The van der Waals surface area contributed by atoms with E-state index in [0.29, 0.717) is 29.4 Å². The van der Waals surface area contributed by atoms with Crippen LogP contribution < -0.4 is 19.5 Å². The van der Waals surface area contributed by atoms with Gasteiger partial charge in [-0.3, -0.25) is 4.79 Å². The molecule has 0 spiro atoms. The van der Waals surface area contributed by atoms with Gasteiger partial charge in [-0.05, 0) is 25.0 Å². The van der Waals surface area contributed by atoms with Gasteiger partial charge in [0, 0.05) is 30.9 Å². The topological polar surface area (TPSA) is 92.3 Å². The highest BCUT2D eigenvalue weighted by atomic mass is 16.5. The van der Waals surface area contributed by atoms with Crippen molar-refractivity contribution in [1.82, 2.24) is 5.32 Å². The Morgan fingerprint density at radius 1 is 1.15 bits per heavy atom. The number of rotatable bonds is 9. The molecule has 2 rings (SSSR count). The first kappa shape index (κ1) is 20.6. The summed E-state index contributed by atoms with van der Waals surface area (Å²) >= 11 is 0. The third-order valence-electron chi connectivity index (χ3n) is 4.03. The van der Waals surface area contributed by atoms with Gasteiger partial charge in [0.1, 0.15) is 5.75 Å². The van der Waals surface area contributed by atoms with Crippen molar-refractivity contribution in [2.75, 3.05) is 41.1 Å². The second kappa shape index (κ2) is 10.4. The first-order valence-electron chi connectivity index (χ1n) is 8.60. The summed E-state index contributed by atoms with van der Waals surface area (Å²) in [5.41, 5.74) is 0.606. The number of carbonyl (C=O) groups excluding carboxylic acids is 2. The number of benzene rings is 1. The van der Waals surface area contributed by atoms with Crippen LogP contribution in [0.25, 0.3) is 6.08 Å². The molecule has 0 bridgehead atoms. The van der Waals surface area contributed by atoms with E-state index in [9.17, 15) is 9.59 Å². The van der Waals surface area contributed by atoms with Gasteiger partial charge in [-0.2, -0.15) is 0 Å². The molecule has 0 unspecified atom stereocenters. The zero-order chi connectivity index (χ0) is 19.6. The van der Waals surface area contributed by atoms with Gasteiger partial charge in [-0.15, -0.1) is 0 Å². The molecule has 1 saturated heterocycles. The fraction of sp³-hybridized carbons (Fsp3) is 0.474. The maximum Gasteiger partial charge on any atom is 0.331 e. The molecular formula is C19H25NO7. The standard InChI is InChI=1S/C19H25NO7/c1-23-15-10-17(25-3)16(24-2)9-13(15)6-7-19(22)27-12-18(21)20-11-14-5-4-8-26-14/h6-7,9-10,14H,4-5,8,11-12H2,1-3H3,(H,20,21)/b7-6+/t14-/m0/s1. The van der Waals surface area contributed by atoms with Crippen LogP contribution in [0, 0.1) is 0 Å². The number of nitrogens with one attached hydrogen (secondary N) is 1. The summed E-state index contributed by atoms with van der Waals surface area (Å²) < 4.78 is 26.1. The summed E-state index contributed by atoms with van der Waals surface area (Å²) in [5, 5.41) is 2.68. The average molecular weight is 379 g/mol. The molecule has 1 aliphatic rings. The highest BCUT2D eigenvalue weighted by Gasteiger charge is 2.16. The zero-order valence-corrected chi connectivity index (χ0v) is 15.8. The highest BCUT2D eigenvalue weighted by molar-refractivity contribution is 5.89. The van der Waals surface area contributed by atoms with Crippen LogP contribution >= 0.6 is 0 Å². The molecule has 0 saturated carbocycles. The fourth-order valence-electron chi connectivity index (χ4n) is 2.61. The lowest BCUT2D eigenvalue weighted by molar-refractivity contribution is -0.143. The molecule has 1 aromatic rings. The van der Waals surface area contributed by atoms with E-state index in [2.05, 4.69) is 5.32 Å². The Morgan fingerprint density at radius 3 is 2.48 bits per heavy atom. The van der Waals surface area contributed by atoms with Crippen molar-refractivity contribution in [3.05, 3.63) is 23.8 Å². The van der Waals surface area contributed by atoms with Crippen LogP contribution in [-0.2, 0) is 19.1 Å². The summed E-state index contributed by atoms with van der Waals surface area (Å²) in [4.78, 5) is 23.6. The molecule has 148 valence electrons. The Hall–Kier alpha value is -2.74. The predicted molar refractivity (Wildman–Crippen MR) is 98.1 cm³/mol. The predicted octanol–water partition coefficient (Wildman–Crippen LogP) is 1.56. The van der Waals surface area contributed by atoms with Gasteiger partial charge in [0.2, 0.25) is 0 Å². The summed E-state index contributed by atoms with van der Waals surface area (Å²) in [5.74, 6) is 0.512. The largest absolute Gasteiger partial charge is 0.496 e. The highest BCUT2D eigenvalue weighted by Crippen LogP contribution is 2.35. The number of methoxy groups -OCH3 is 3. The van der Waals surface area contributed by atoms with E-state index in [4.69, 9.17) is 23.7 Å². The first-order valence-corrected chi connectivity index (χ1v) is 8.60. The maximum atomic E-state index is 11.8. The van der Waals surface area contributed by atoms with Gasteiger partial charge >= 0.3 is 5.97 Å². The van der Waals surface area contributed by atoms with E-state index in [0.717, 1.165) is 19.4 Å². The van der Waals surface area contributed by atoms with Gasteiger partial charge in [-0.25, -0.2) is 4.79 Å². The van der Waals surface area contributed by atoms with Crippen molar-refractivity contribution in [3.63, 3.8) is 0 Å². The van der Waals surface area contributed by atoms with Crippen molar-refractivity contribution in [1.29, 1.82) is 0 Å². The number of esters is 1. The molecule has 1 fully saturated rings. The Kier molecular flexibility index (Phi) is 7.94. The van der Waals surface area contributed by atoms with Crippen molar-refractivity contribution in [3.8, 4) is 17.2 Å². The summed E-state index contributed by atoms with van der Waals surface area (Å²) in [6.45, 7) is 0.800. The second-order valence-corrected chi connectivity index (χ2v) is 5.83. The molecule has 8 heteroatoms. The molecule has 1 amide bonds. The van der Waals surface area contributed by atoms with Crippen LogP contribution in [0.1, 0.15) is 18.4 Å². The lowest BCUT2D eigenvalue weighted by Crippen LogP contribution is -2.34. The third-order valence-corrected chi connectivity index (χ3v) is 4.03. The minimum absolute atomic E-state index is 0.0436. The van der Waals surface area contributed by atoms with Crippen molar-refractivity contribution < 1.29 is 33.3 Å². The van der Waals surface area contributed by atoms with Crippen molar-refractivity contribution in [2.24, 2.45) is 0 Å². The first-order chi connectivity index (χ1) is 13.1. The molecule has 0 aliphatic carbocycles. The molecule has 0 radical (unpaired) electrons. The normalized spacial score (nSPS) is 16.2. The minimum Gasteiger partial charge on any atom is -0.496 e. The fourth-order valence-corrected chi connectivity index (χ4v) is 2.61. The summed E-state index contributed by atoms with van der Waals surface area (Å²) in [6.07, 6.45) is 4.71. The van der Waals surface area contributed by atoms with E-state index in [1.54, 1.807) is 12.1 Å². The maximum absolute atomic E-state index is 11.8. The van der Waals surface area contributed by atoms with E-state index < -0.39 is 5.97 Å². The van der Waals surface area contributed by atoms with Crippen LogP contribution in [0.2, 0.25) is 0 Å². The van der Waals surface area contributed by atoms with E-state index >= 15 is 0 Å². The number of carbonyl (C=O) groups is 2. The molecule has 1 atom stereocenters. The van der Waals surface area contributed by atoms with Crippen molar-refractivity contribution in [2.45, 2.75) is 18.9 Å². The summed E-state index contributed by atoms with van der Waals surface area (Å²) in [7, 11) is 4.55. The lowest BCUT2D eigenvalue weighted by atomic mass is 10.1. The minimum atomic E-state index is -0.640. The van der Waals surface area contributed by atoms with Crippen molar-refractivity contribution >= 4 is 18.0 Å². The Bertz CT molecular complexity index is 681. The number of amides is 1. The number of hydrogen-bond acceptors (Lipinski definition) is 7. The quantitative estimate of drug-likeness (QED) is 0.514. The molecule has 1 N–H and O–H groups in total. The Morgan fingerprint density at radius 2 is 1.85 bits per heavy atom.